The van der Waals surface area contributed by atoms with Crippen molar-refractivity contribution in [3.63, 3.8) is 0 Å². The number of rotatable bonds is 42. The van der Waals surface area contributed by atoms with E-state index in [-0.39, 0.29) is 31.0 Å². The van der Waals surface area contributed by atoms with Crippen molar-refractivity contribution in [2.75, 3.05) is 19.8 Å². The van der Waals surface area contributed by atoms with Gasteiger partial charge >= 0.3 is 25.7 Å². The number of nitrogens with two attached hydrogens (primary N) is 1. The number of ketones is 1. The molecular formula is C48H86NO13P. The number of aliphatic carboxylic acids is 1. The van der Waals surface area contributed by atoms with E-state index in [4.69, 9.17) is 24.8 Å². The number of carbonyl (C=O) groups excluding carboxylic acids is 3. The number of unbranched alkanes of at least 4 members (excludes halogenated alkanes) is 20. The number of carboxylic acids is 1. The minimum Gasteiger partial charge on any atom is -0.480 e. The molecule has 0 saturated heterocycles. The average Bonchev–Trinajstić information content (AvgIpc) is 3.52. The largest absolute Gasteiger partial charge is 0.480 e. The molecule has 1 rings (SSSR count). The predicted molar refractivity (Wildman–Crippen MR) is 246 cm³/mol. The maximum absolute atomic E-state index is 12.7. The second-order valence-electron chi connectivity index (χ2n) is 17.4. The number of aliphatic hydroxyl groups excluding tert-OH is 2. The lowest BCUT2D eigenvalue weighted by atomic mass is 9.88. The molecule has 1 aliphatic carbocycles. The molecule has 63 heavy (non-hydrogen) atoms. The Labute approximate surface area is 379 Å². The van der Waals surface area contributed by atoms with Crippen LogP contribution in [-0.4, -0.2) is 88.1 Å². The standard InChI is InChI=1S/C48H86NO13P/c1-3-5-7-8-9-10-11-12-13-14-15-16-17-18-19-20-21-22-28-32-47(54)62-40(37-60-63(57,58)61-38-43(49)48(55)56)36-59-46(53)31-27-24-23-26-30-41-42(45(52)35-44(41)51)34-33-39(50)29-25-6-4-2/h12-13,33-34,39-44,50-51H,3-11,14-32,35-38,49H2,1-2H3,(H,55,56)(H,57,58)/b13-12-,34-33+/t39-,40+,41+,42+,43-,44-/m0/s1. The van der Waals surface area contributed by atoms with Crippen LogP contribution in [0.25, 0.3) is 0 Å². The first kappa shape index (κ1) is 58.6. The van der Waals surface area contributed by atoms with Crippen LogP contribution in [0.2, 0.25) is 0 Å². The van der Waals surface area contributed by atoms with E-state index < -0.39 is 75.8 Å². The minimum atomic E-state index is -4.78. The Morgan fingerprint density at radius 3 is 1.83 bits per heavy atom. The highest BCUT2D eigenvalue weighted by molar-refractivity contribution is 7.47. The van der Waals surface area contributed by atoms with E-state index in [1.165, 1.54) is 70.6 Å². The van der Waals surface area contributed by atoms with E-state index in [0.29, 0.717) is 32.1 Å². The van der Waals surface area contributed by atoms with Crippen molar-refractivity contribution >= 4 is 31.5 Å². The van der Waals surface area contributed by atoms with Crippen molar-refractivity contribution in [2.45, 2.75) is 224 Å². The van der Waals surface area contributed by atoms with Gasteiger partial charge in [0, 0.05) is 25.2 Å². The maximum Gasteiger partial charge on any atom is 0.472 e. The molecule has 0 aromatic rings. The van der Waals surface area contributed by atoms with Gasteiger partial charge in [-0.2, -0.15) is 0 Å². The van der Waals surface area contributed by atoms with Gasteiger partial charge in [0.25, 0.3) is 0 Å². The predicted octanol–water partition coefficient (Wildman–Crippen LogP) is 9.99. The van der Waals surface area contributed by atoms with Gasteiger partial charge in [0.1, 0.15) is 18.4 Å². The van der Waals surface area contributed by atoms with Gasteiger partial charge in [0.05, 0.1) is 25.4 Å². The van der Waals surface area contributed by atoms with Crippen molar-refractivity contribution in [2.24, 2.45) is 17.6 Å². The number of carboxylic acid groups (broad SMARTS) is 1. The molecule has 0 radical (unpaired) electrons. The Bertz CT molecular complexity index is 1330. The topological polar surface area (TPSA) is 229 Å². The van der Waals surface area contributed by atoms with Crippen LogP contribution in [0.1, 0.15) is 200 Å². The second-order valence-corrected chi connectivity index (χ2v) is 18.8. The van der Waals surface area contributed by atoms with Crippen LogP contribution in [0.15, 0.2) is 24.3 Å². The van der Waals surface area contributed by atoms with Gasteiger partial charge < -0.3 is 35.4 Å². The number of allylic oxidation sites excluding steroid dienone is 3. The number of phosphoric ester groups is 1. The number of ether oxygens (including phenoxy) is 2. The molecule has 14 nitrogen and oxygen atoms in total. The molecule has 0 heterocycles. The first-order chi connectivity index (χ1) is 30.3. The fourth-order valence-corrected chi connectivity index (χ4v) is 8.45. The van der Waals surface area contributed by atoms with Crippen LogP contribution >= 0.6 is 7.82 Å². The number of esters is 2. The number of aliphatic hydroxyl groups is 2. The van der Waals surface area contributed by atoms with Crippen LogP contribution in [0.5, 0.6) is 0 Å². The van der Waals surface area contributed by atoms with E-state index in [0.717, 1.165) is 64.2 Å². The summed E-state index contributed by atoms with van der Waals surface area (Å²) < 4.78 is 32.8. The van der Waals surface area contributed by atoms with Gasteiger partial charge in [-0.3, -0.25) is 28.2 Å². The number of Topliss-reactive ketones (excluding diaryl/α,β-unsaturated/α-hetero) is 1. The molecule has 1 fully saturated rings. The van der Waals surface area contributed by atoms with E-state index in [1.807, 2.05) is 0 Å². The van der Waals surface area contributed by atoms with Gasteiger partial charge in [0.15, 0.2) is 6.10 Å². The summed E-state index contributed by atoms with van der Waals surface area (Å²) in [5.74, 6) is -3.20. The summed E-state index contributed by atoms with van der Waals surface area (Å²) in [7, 11) is -4.78. The summed E-state index contributed by atoms with van der Waals surface area (Å²) in [5, 5.41) is 29.7. The van der Waals surface area contributed by atoms with Gasteiger partial charge in [-0.15, -0.1) is 0 Å². The zero-order valence-corrected chi connectivity index (χ0v) is 39.8. The fraction of sp³-hybridized carbons (Fsp3) is 0.833. The molecule has 0 spiro atoms. The molecule has 0 aliphatic heterocycles. The van der Waals surface area contributed by atoms with E-state index in [9.17, 15) is 38.8 Å². The van der Waals surface area contributed by atoms with Crippen LogP contribution in [-0.2, 0) is 42.3 Å². The molecule has 0 aromatic carbocycles. The van der Waals surface area contributed by atoms with Crippen molar-refractivity contribution in [1.82, 2.24) is 0 Å². The highest BCUT2D eigenvalue weighted by Crippen LogP contribution is 2.43. The molecule has 1 unspecified atom stereocenters. The van der Waals surface area contributed by atoms with Gasteiger partial charge in [-0.1, -0.05) is 154 Å². The SMILES string of the molecule is CCCCCCCC/C=C\CCCCCCCCCCCC(=O)O[C@H](COC(=O)CCCCCC[C@H]1[C@@H](O)CC(=O)[C@@H]1/C=C/[C@@H](O)CCCCC)COP(=O)(O)OC[C@H](N)C(=O)O. The van der Waals surface area contributed by atoms with E-state index in [1.54, 1.807) is 12.2 Å². The summed E-state index contributed by atoms with van der Waals surface area (Å²) in [6, 6.07) is -1.56. The highest BCUT2D eigenvalue weighted by atomic mass is 31.2. The van der Waals surface area contributed by atoms with Crippen molar-refractivity contribution in [1.29, 1.82) is 0 Å². The number of hydrogen-bond donors (Lipinski definition) is 5. The second kappa shape index (κ2) is 37.7. The highest BCUT2D eigenvalue weighted by Gasteiger charge is 2.39. The van der Waals surface area contributed by atoms with Crippen LogP contribution < -0.4 is 5.73 Å². The summed E-state index contributed by atoms with van der Waals surface area (Å²) >= 11 is 0. The van der Waals surface area contributed by atoms with Gasteiger partial charge in [-0.25, -0.2) is 4.57 Å². The lowest BCUT2D eigenvalue weighted by Gasteiger charge is -2.20. The van der Waals surface area contributed by atoms with E-state index in [2.05, 4.69) is 30.5 Å². The number of hydrogen-bond acceptors (Lipinski definition) is 12. The quantitative estimate of drug-likeness (QED) is 0.0166. The Morgan fingerprint density at radius 1 is 0.730 bits per heavy atom. The first-order valence-electron chi connectivity index (χ1n) is 24.5. The Hall–Kier alpha value is -2.45. The molecule has 1 saturated carbocycles. The lowest BCUT2D eigenvalue weighted by Crippen LogP contribution is -2.34. The summed E-state index contributed by atoms with van der Waals surface area (Å²) in [6.45, 7) is 2.48. The van der Waals surface area contributed by atoms with Crippen LogP contribution in [0.4, 0.5) is 0 Å². The molecule has 6 N–H and O–H groups in total. The maximum atomic E-state index is 12.7. The van der Waals surface area contributed by atoms with Crippen LogP contribution in [0, 0.1) is 11.8 Å². The molecule has 1 aliphatic rings. The van der Waals surface area contributed by atoms with Crippen molar-refractivity contribution in [3.8, 4) is 0 Å². The Kier molecular flexibility index (Phi) is 35.1. The van der Waals surface area contributed by atoms with Crippen LogP contribution in [0.3, 0.4) is 0 Å². The Morgan fingerprint density at radius 2 is 1.24 bits per heavy atom. The molecule has 0 bridgehead atoms. The number of carbonyl (C=O) groups is 4. The minimum absolute atomic E-state index is 0.0161. The molecule has 0 aromatic heterocycles. The summed E-state index contributed by atoms with van der Waals surface area (Å²) in [4.78, 5) is 58.9. The summed E-state index contributed by atoms with van der Waals surface area (Å²) in [6.07, 6.45) is 32.8. The zero-order chi connectivity index (χ0) is 46.6. The normalized spacial score (nSPS) is 19.1. The lowest BCUT2D eigenvalue weighted by molar-refractivity contribution is -0.161. The fourth-order valence-electron chi connectivity index (χ4n) is 7.67. The van der Waals surface area contributed by atoms with Gasteiger partial charge in [0.2, 0.25) is 0 Å². The Balaban J connectivity index is 2.40. The van der Waals surface area contributed by atoms with Crippen molar-refractivity contribution in [3.05, 3.63) is 24.3 Å². The third-order valence-electron chi connectivity index (χ3n) is 11.6. The molecule has 15 heteroatoms. The first-order valence-corrected chi connectivity index (χ1v) is 26.0. The zero-order valence-electron chi connectivity index (χ0n) is 38.9. The molecular weight excluding hydrogens is 829 g/mol. The smallest absolute Gasteiger partial charge is 0.472 e. The van der Waals surface area contributed by atoms with Gasteiger partial charge in [-0.05, 0) is 57.3 Å². The molecule has 7 atom stereocenters. The summed E-state index contributed by atoms with van der Waals surface area (Å²) in [5.41, 5.74) is 5.34. The number of phosphoric acid groups is 1. The van der Waals surface area contributed by atoms with E-state index >= 15 is 0 Å². The van der Waals surface area contributed by atoms with Crippen molar-refractivity contribution < 1.29 is 62.5 Å². The average molecular weight is 916 g/mol. The third-order valence-corrected chi connectivity index (χ3v) is 12.5. The monoisotopic (exact) mass is 916 g/mol. The molecule has 366 valence electrons. The molecule has 0 amide bonds. The third kappa shape index (κ3) is 32.0.